The minimum absolute atomic E-state index is 0.0370. The first-order chi connectivity index (χ1) is 3.72. The quantitative estimate of drug-likeness (QED) is 0.469. The van der Waals surface area contributed by atoms with Gasteiger partial charge in [0.05, 0.1) is 5.70 Å². The van der Waals surface area contributed by atoms with Crippen molar-refractivity contribution < 1.29 is 8.87 Å². The summed E-state index contributed by atoms with van der Waals surface area (Å²) < 4.78 is 24.1. The van der Waals surface area contributed by atoms with E-state index >= 15 is 0 Å². The van der Waals surface area contributed by atoms with Crippen molar-refractivity contribution in [3.63, 3.8) is 0 Å². The molecule has 0 aromatic rings. The van der Waals surface area contributed by atoms with E-state index in [2.05, 4.69) is 0 Å². The summed E-state index contributed by atoms with van der Waals surface area (Å²) >= 11 is 0.752. The molecule has 0 saturated heterocycles. The average Bonchev–Trinajstić information content (AvgIpc) is 1.98. The molecule has 1 radical (unpaired) electrons. The Morgan fingerprint density at radius 1 is 1.75 bits per heavy atom. The van der Waals surface area contributed by atoms with Gasteiger partial charge in [0.2, 0.25) is 0 Å². The van der Waals surface area contributed by atoms with Crippen molar-refractivity contribution in [1.29, 1.82) is 0 Å². The molecule has 4 heteroatoms. The smallest absolute Gasteiger partial charge is 0.180 e. The summed E-state index contributed by atoms with van der Waals surface area (Å²) in [5, 5.41) is -0.201. The summed E-state index contributed by atoms with van der Waals surface area (Å²) in [7, 11) is 0. The third-order valence-corrected chi connectivity index (χ3v) is 1.65. The summed E-state index contributed by atoms with van der Waals surface area (Å²) in [6.45, 7) is 1.38. The van der Waals surface area contributed by atoms with Crippen molar-refractivity contribution in [2.45, 2.75) is 6.92 Å². The highest BCUT2D eigenvalue weighted by atomic mass is 32.2. The van der Waals surface area contributed by atoms with Crippen LogP contribution in [0.15, 0.2) is 10.9 Å². The number of hydrogen-bond acceptors (Lipinski definition) is 2. The van der Waals surface area contributed by atoms with Crippen LogP contribution in [0.4, 0.5) is 8.87 Å². The monoisotopic (exact) mass is 136 g/mol. The van der Waals surface area contributed by atoms with Crippen molar-refractivity contribution in [3.05, 3.63) is 16.7 Å². The molecular weight excluding hydrogens is 132 g/mol. The van der Waals surface area contributed by atoms with E-state index in [1.54, 1.807) is 0 Å². The minimum Gasteiger partial charge on any atom is -0.197 e. The number of nitrogens with zero attached hydrogens (tertiary/aromatic N) is 1. The number of hydrogen-bond donors (Lipinski definition) is 0. The van der Waals surface area contributed by atoms with E-state index in [4.69, 9.17) is 0 Å². The Morgan fingerprint density at radius 3 is 2.50 bits per heavy atom. The van der Waals surface area contributed by atoms with Crippen LogP contribution in [-0.4, -0.2) is 5.12 Å². The van der Waals surface area contributed by atoms with Crippen molar-refractivity contribution in [3.8, 4) is 0 Å². The van der Waals surface area contributed by atoms with Gasteiger partial charge in [0, 0.05) is 0 Å². The summed E-state index contributed by atoms with van der Waals surface area (Å²) in [6.07, 6.45) is 0. The van der Waals surface area contributed by atoms with E-state index in [-0.39, 0.29) is 10.8 Å². The molecule has 0 aromatic heterocycles. The van der Waals surface area contributed by atoms with E-state index in [9.17, 15) is 8.87 Å². The third-order valence-electron chi connectivity index (χ3n) is 0.854. The van der Waals surface area contributed by atoms with Crippen LogP contribution in [-0.2, 0) is 0 Å². The molecule has 0 spiro atoms. The predicted molar refractivity (Wildman–Crippen MR) is 28.6 cm³/mol. The molecular formula is C4H4F2NS. The number of thioether (sulfide) groups is 1. The fourth-order valence-electron chi connectivity index (χ4n) is 0.341. The topological polar surface area (TPSA) is 3.24 Å². The van der Waals surface area contributed by atoms with Crippen LogP contribution in [0.3, 0.4) is 0 Å². The van der Waals surface area contributed by atoms with Crippen LogP contribution >= 0.6 is 11.8 Å². The number of rotatable bonds is 0. The summed E-state index contributed by atoms with van der Waals surface area (Å²) in [6, 6.07) is 0. The van der Waals surface area contributed by atoms with Gasteiger partial charge in [-0.25, -0.2) is 0 Å². The van der Waals surface area contributed by atoms with Gasteiger partial charge in [-0.1, -0.05) is 16.2 Å². The molecule has 0 N–H and O–H groups in total. The van der Waals surface area contributed by atoms with E-state index in [1.165, 1.54) is 6.92 Å². The van der Waals surface area contributed by atoms with Gasteiger partial charge in [0.1, 0.15) is 5.88 Å². The number of allylic oxidation sites excluding steroid dienone is 1. The minimum atomic E-state index is -0.465. The van der Waals surface area contributed by atoms with Gasteiger partial charge in [-0.2, -0.15) is 9.51 Å². The predicted octanol–water partition coefficient (Wildman–Crippen LogP) is 2.20. The first-order valence-electron chi connectivity index (χ1n) is 2.03. The Kier molecular flexibility index (Phi) is 1.42. The van der Waals surface area contributed by atoms with Gasteiger partial charge in [-0.15, -0.1) is 0 Å². The SMILES string of the molecule is CC1=C(F)S[CH]N1F. The maximum Gasteiger partial charge on any atom is 0.180 e. The molecule has 1 heterocycles. The molecule has 0 aromatic carbocycles. The molecule has 1 nitrogen and oxygen atoms in total. The lowest BCUT2D eigenvalue weighted by molar-refractivity contribution is 0.128. The van der Waals surface area contributed by atoms with Gasteiger partial charge in [-0.3, -0.25) is 0 Å². The van der Waals surface area contributed by atoms with Crippen molar-refractivity contribution >= 4 is 11.8 Å². The van der Waals surface area contributed by atoms with E-state index in [0.29, 0.717) is 0 Å². The molecule has 0 saturated carbocycles. The highest BCUT2D eigenvalue weighted by Crippen LogP contribution is 2.35. The van der Waals surface area contributed by atoms with E-state index < -0.39 is 5.16 Å². The van der Waals surface area contributed by atoms with Gasteiger partial charge in [0.25, 0.3) is 0 Å². The maximum atomic E-state index is 12.1. The van der Waals surface area contributed by atoms with Crippen molar-refractivity contribution in [2.24, 2.45) is 0 Å². The Bertz CT molecular complexity index is 134. The molecule has 1 rings (SSSR count). The van der Waals surface area contributed by atoms with Crippen LogP contribution in [0.5, 0.6) is 0 Å². The Labute approximate surface area is 50.3 Å². The normalized spacial score (nSPS) is 20.6. The van der Waals surface area contributed by atoms with Gasteiger partial charge < -0.3 is 0 Å². The average molecular weight is 136 g/mol. The van der Waals surface area contributed by atoms with Crippen LogP contribution in [0.2, 0.25) is 0 Å². The van der Waals surface area contributed by atoms with E-state index in [1.807, 2.05) is 0 Å². The van der Waals surface area contributed by atoms with Crippen LogP contribution < -0.4 is 0 Å². The zero-order valence-corrected chi connectivity index (χ0v) is 5.01. The molecule has 0 bridgehead atoms. The first-order valence-corrected chi connectivity index (χ1v) is 2.91. The summed E-state index contributed by atoms with van der Waals surface area (Å²) in [5.74, 6) is 1.07. The Morgan fingerprint density at radius 2 is 2.38 bits per heavy atom. The molecule has 0 fully saturated rings. The molecule has 0 atom stereocenters. The van der Waals surface area contributed by atoms with Crippen LogP contribution in [0, 0.1) is 5.88 Å². The maximum absolute atomic E-state index is 12.1. The molecule has 45 valence electrons. The lowest BCUT2D eigenvalue weighted by atomic mass is 10.6. The largest absolute Gasteiger partial charge is 0.197 e. The molecule has 1 aliphatic rings. The van der Waals surface area contributed by atoms with Gasteiger partial charge in [0.15, 0.2) is 5.16 Å². The standard InChI is InChI=1S/C4H4F2NS/c1-3-4(5)8-2-7(3)6/h2H,1H3. The summed E-state index contributed by atoms with van der Waals surface area (Å²) in [5.41, 5.74) is 0.0370. The Hall–Kier alpha value is -0.250. The zero-order chi connectivity index (χ0) is 6.15. The van der Waals surface area contributed by atoms with E-state index in [0.717, 1.165) is 17.6 Å². The Balaban J connectivity index is 2.71. The molecule has 0 aliphatic carbocycles. The van der Waals surface area contributed by atoms with Gasteiger partial charge >= 0.3 is 0 Å². The molecule has 1 aliphatic heterocycles. The lowest BCUT2D eigenvalue weighted by Crippen LogP contribution is -1.98. The highest BCUT2D eigenvalue weighted by molar-refractivity contribution is 8.04. The fourth-order valence-corrected chi connectivity index (χ4v) is 0.942. The highest BCUT2D eigenvalue weighted by Gasteiger charge is 2.19. The summed E-state index contributed by atoms with van der Waals surface area (Å²) in [4.78, 5) is 0. The number of halogens is 2. The van der Waals surface area contributed by atoms with Crippen LogP contribution in [0.25, 0.3) is 0 Å². The third kappa shape index (κ3) is 0.798. The molecule has 0 amide bonds. The van der Waals surface area contributed by atoms with Crippen molar-refractivity contribution in [1.82, 2.24) is 5.12 Å². The second-order valence-corrected chi connectivity index (χ2v) is 2.20. The second-order valence-electron chi connectivity index (χ2n) is 1.39. The second kappa shape index (κ2) is 1.93. The zero-order valence-electron chi connectivity index (χ0n) is 4.19. The van der Waals surface area contributed by atoms with Gasteiger partial charge in [-0.05, 0) is 6.92 Å². The first kappa shape index (κ1) is 5.88. The van der Waals surface area contributed by atoms with Crippen molar-refractivity contribution in [2.75, 3.05) is 0 Å². The molecule has 0 unspecified atom stereocenters. The van der Waals surface area contributed by atoms with Crippen LogP contribution in [0.1, 0.15) is 6.92 Å². The fraction of sp³-hybridized carbons (Fsp3) is 0.250. The molecule has 8 heavy (non-hydrogen) atoms. The lowest BCUT2D eigenvalue weighted by Gasteiger charge is -2.00.